The molecule has 0 atom stereocenters. The molecule has 0 aliphatic carbocycles. The number of imidazole rings is 1. The summed E-state index contributed by atoms with van der Waals surface area (Å²) < 4.78 is 3.34. The zero-order valence-corrected chi connectivity index (χ0v) is 7.32. The molecule has 0 radical (unpaired) electrons. The molecular formula is C7H8N6O. The molecule has 0 aromatic carbocycles. The lowest BCUT2D eigenvalue weighted by molar-refractivity contribution is 0.111. The minimum atomic E-state index is 0.415. The molecule has 0 saturated carbocycles. The maximum Gasteiger partial charge on any atom is 0.185 e. The van der Waals surface area contributed by atoms with Crippen LogP contribution in [-0.2, 0) is 13.1 Å². The molecule has 0 N–H and O–H groups in total. The van der Waals surface area contributed by atoms with E-state index in [0.717, 1.165) is 6.29 Å². The van der Waals surface area contributed by atoms with Crippen molar-refractivity contribution in [2.45, 2.75) is 13.1 Å². The van der Waals surface area contributed by atoms with Gasteiger partial charge in [-0.2, -0.15) is 0 Å². The standard InChI is InChI=1S/C7H8N6O/c14-5-7-8-1-2-12(7)3-4-13-6-9-10-11-13/h1-2,5-6H,3-4H2. The zero-order chi connectivity index (χ0) is 9.80. The van der Waals surface area contributed by atoms with Gasteiger partial charge < -0.3 is 4.57 Å². The van der Waals surface area contributed by atoms with Crippen LogP contribution in [0.3, 0.4) is 0 Å². The number of aldehydes is 1. The lowest BCUT2D eigenvalue weighted by Crippen LogP contribution is -2.09. The first-order chi connectivity index (χ1) is 6.90. The zero-order valence-electron chi connectivity index (χ0n) is 7.32. The average molecular weight is 192 g/mol. The summed E-state index contributed by atoms with van der Waals surface area (Å²) in [6, 6.07) is 0. The van der Waals surface area contributed by atoms with E-state index in [-0.39, 0.29) is 0 Å². The Kier molecular flexibility index (Phi) is 2.30. The molecule has 0 amide bonds. The number of tetrazole rings is 1. The van der Waals surface area contributed by atoms with Gasteiger partial charge in [-0.3, -0.25) is 4.79 Å². The SMILES string of the molecule is O=Cc1nccn1CCn1cnnn1. The highest BCUT2D eigenvalue weighted by Crippen LogP contribution is 1.94. The molecule has 0 unspecified atom stereocenters. The van der Waals surface area contributed by atoms with Gasteiger partial charge in [-0.1, -0.05) is 0 Å². The molecule has 72 valence electrons. The van der Waals surface area contributed by atoms with Crippen molar-refractivity contribution in [2.24, 2.45) is 0 Å². The molecule has 0 aliphatic rings. The van der Waals surface area contributed by atoms with Gasteiger partial charge in [0.15, 0.2) is 12.1 Å². The van der Waals surface area contributed by atoms with Crippen molar-refractivity contribution in [2.75, 3.05) is 0 Å². The molecule has 0 spiro atoms. The minimum Gasteiger partial charge on any atom is -0.327 e. The molecule has 2 aromatic heterocycles. The quantitative estimate of drug-likeness (QED) is 0.603. The highest BCUT2D eigenvalue weighted by molar-refractivity contribution is 5.69. The topological polar surface area (TPSA) is 78.5 Å². The van der Waals surface area contributed by atoms with E-state index in [9.17, 15) is 4.79 Å². The highest BCUT2D eigenvalue weighted by Gasteiger charge is 2.00. The fourth-order valence-electron chi connectivity index (χ4n) is 1.12. The van der Waals surface area contributed by atoms with E-state index in [0.29, 0.717) is 18.9 Å². The van der Waals surface area contributed by atoms with Crippen LogP contribution in [0.25, 0.3) is 0 Å². The molecule has 0 fully saturated rings. The summed E-state index contributed by atoms with van der Waals surface area (Å²) in [4.78, 5) is 14.4. The molecule has 7 nitrogen and oxygen atoms in total. The lowest BCUT2D eigenvalue weighted by Gasteiger charge is -2.02. The summed E-state index contributed by atoms with van der Waals surface area (Å²) in [6.07, 6.45) is 5.58. The molecule has 2 rings (SSSR count). The summed E-state index contributed by atoms with van der Waals surface area (Å²) in [6.45, 7) is 1.24. The number of rotatable bonds is 4. The Morgan fingerprint density at radius 1 is 1.43 bits per heavy atom. The van der Waals surface area contributed by atoms with Gasteiger partial charge in [-0.05, 0) is 10.4 Å². The van der Waals surface area contributed by atoms with E-state index in [2.05, 4.69) is 20.5 Å². The maximum atomic E-state index is 10.5. The van der Waals surface area contributed by atoms with E-state index in [4.69, 9.17) is 0 Å². The third-order valence-electron chi connectivity index (χ3n) is 1.81. The number of hydrogen-bond acceptors (Lipinski definition) is 5. The van der Waals surface area contributed by atoms with Gasteiger partial charge in [0.2, 0.25) is 0 Å². The second-order valence-corrected chi connectivity index (χ2v) is 2.67. The number of aryl methyl sites for hydroxylation is 2. The Bertz CT molecular complexity index is 405. The van der Waals surface area contributed by atoms with Crippen molar-refractivity contribution in [3.05, 3.63) is 24.5 Å². The normalized spacial score (nSPS) is 10.3. The molecule has 2 heterocycles. The smallest absolute Gasteiger partial charge is 0.185 e. The first-order valence-electron chi connectivity index (χ1n) is 4.07. The summed E-state index contributed by atoms with van der Waals surface area (Å²) in [5, 5.41) is 10.7. The second-order valence-electron chi connectivity index (χ2n) is 2.67. The van der Waals surface area contributed by atoms with Crippen LogP contribution < -0.4 is 0 Å². The maximum absolute atomic E-state index is 10.5. The predicted molar refractivity (Wildman–Crippen MR) is 45.4 cm³/mol. The van der Waals surface area contributed by atoms with Crippen molar-refractivity contribution in [1.82, 2.24) is 29.8 Å². The number of carbonyl (C=O) groups excluding carboxylic acids is 1. The van der Waals surface area contributed by atoms with Gasteiger partial charge in [-0.15, -0.1) is 5.10 Å². The first-order valence-corrected chi connectivity index (χ1v) is 4.07. The van der Waals surface area contributed by atoms with Gasteiger partial charge in [0, 0.05) is 18.9 Å². The van der Waals surface area contributed by atoms with E-state index in [1.165, 1.54) is 6.33 Å². The summed E-state index contributed by atoms with van der Waals surface area (Å²) in [5.74, 6) is 0.415. The van der Waals surface area contributed by atoms with Crippen LogP contribution in [0.4, 0.5) is 0 Å². The first kappa shape index (κ1) is 8.54. The Morgan fingerprint density at radius 2 is 2.36 bits per heavy atom. The number of carbonyl (C=O) groups is 1. The minimum absolute atomic E-state index is 0.415. The van der Waals surface area contributed by atoms with Crippen molar-refractivity contribution >= 4 is 6.29 Å². The van der Waals surface area contributed by atoms with Crippen molar-refractivity contribution in [3.8, 4) is 0 Å². The summed E-state index contributed by atoms with van der Waals surface area (Å²) in [5.41, 5.74) is 0. The highest BCUT2D eigenvalue weighted by atomic mass is 16.1. The number of nitrogens with zero attached hydrogens (tertiary/aromatic N) is 6. The largest absolute Gasteiger partial charge is 0.327 e. The molecule has 2 aromatic rings. The van der Waals surface area contributed by atoms with Gasteiger partial charge in [0.25, 0.3) is 0 Å². The van der Waals surface area contributed by atoms with Crippen molar-refractivity contribution in [3.63, 3.8) is 0 Å². The Hall–Kier alpha value is -2.05. The summed E-state index contributed by atoms with van der Waals surface area (Å²) in [7, 11) is 0. The van der Waals surface area contributed by atoms with Gasteiger partial charge in [0.05, 0.1) is 6.54 Å². The van der Waals surface area contributed by atoms with E-state index in [1.807, 2.05) is 0 Å². The van der Waals surface area contributed by atoms with E-state index < -0.39 is 0 Å². The summed E-state index contributed by atoms with van der Waals surface area (Å²) >= 11 is 0. The van der Waals surface area contributed by atoms with Crippen LogP contribution in [0, 0.1) is 0 Å². The van der Waals surface area contributed by atoms with Gasteiger partial charge in [0.1, 0.15) is 6.33 Å². The fraction of sp³-hybridized carbons (Fsp3) is 0.286. The second kappa shape index (κ2) is 3.77. The van der Waals surface area contributed by atoms with Gasteiger partial charge in [-0.25, -0.2) is 9.67 Å². The third-order valence-corrected chi connectivity index (χ3v) is 1.81. The fourth-order valence-corrected chi connectivity index (χ4v) is 1.12. The van der Waals surface area contributed by atoms with Crippen molar-refractivity contribution in [1.29, 1.82) is 0 Å². The van der Waals surface area contributed by atoms with Crippen LogP contribution in [0.1, 0.15) is 10.6 Å². The van der Waals surface area contributed by atoms with Crippen LogP contribution in [0.5, 0.6) is 0 Å². The van der Waals surface area contributed by atoms with Crippen molar-refractivity contribution < 1.29 is 4.79 Å². The predicted octanol–water partition coefficient (Wildman–Crippen LogP) is -0.618. The third kappa shape index (κ3) is 1.65. The molecular weight excluding hydrogens is 184 g/mol. The monoisotopic (exact) mass is 192 g/mol. The molecule has 7 heteroatoms. The molecule has 0 bridgehead atoms. The molecule has 0 aliphatic heterocycles. The van der Waals surface area contributed by atoms with Crippen LogP contribution >= 0.6 is 0 Å². The Balaban J connectivity index is 2.01. The molecule has 14 heavy (non-hydrogen) atoms. The average Bonchev–Trinajstić information content (AvgIpc) is 2.85. The van der Waals surface area contributed by atoms with E-state index in [1.54, 1.807) is 21.6 Å². The van der Waals surface area contributed by atoms with Gasteiger partial charge >= 0.3 is 0 Å². The Labute approximate surface area is 79.4 Å². The van der Waals surface area contributed by atoms with Crippen LogP contribution in [0.2, 0.25) is 0 Å². The lowest BCUT2D eigenvalue weighted by atomic mass is 10.5. The molecule has 0 saturated heterocycles. The number of aromatic nitrogens is 6. The van der Waals surface area contributed by atoms with Crippen LogP contribution in [-0.4, -0.2) is 36.0 Å². The van der Waals surface area contributed by atoms with Crippen LogP contribution in [0.15, 0.2) is 18.7 Å². The number of hydrogen-bond donors (Lipinski definition) is 0. The van der Waals surface area contributed by atoms with E-state index >= 15 is 0 Å². The Morgan fingerprint density at radius 3 is 3.07 bits per heavy atom.